The summed E-state index contributed by atoms with van der Waals surface area (Å²) in [6.45, 7) is 8.30. The summed E-state index contributed by atoms with van der Waals surface area (Å²) in [4.78, 5) is 12.8. The Labute approximate surface area is 188 Å². The van der Waals surface area contributed by atoms with Gasteiger partial charge < -0.3 is 24.8 Å². The number of ether oxygens (including phenoxy) is 3. The topological polar surface area (TPSA) is 68.8 Å². The molecule has 0 spiro atoms. The summed E-state index contributed by atoms with van der Waals surface area (Å²) in [7, 11) is 0. The molecule has 3 rings (SSSR count). The van der Waals surface area contributed by atoms with E-state index in [9.17, 15) is 4.79 Å². The molecule has 1 aliphatic rings. The highest BCUT2D eigenvalue weighted by Crippen LogP contribution is 2.35. The van der Waals surface area contributed by atoms with Gasteiger partial charge in [0.2, 0.25) is 0 Å². The van der Waals surface area contributed by atoms with Crippen molar-refractivity contribution in [3.63, 3.8) is 0 Å². The summed E-state index contributed by atoms with van der Waals surface area (Å²) in [5.74, 6) is 0.858. The van der Waals surface area contributed by atoms with Gasteiger partial charge in [0.1, 0.15) is 6.61 Å². The zero-order chi connectivity index (χ0) is 22.4. The largest absolute Gasteiger partial charge is 0.490 e. The van der Waals surface area contributed by atoms with Crippen LogP contribution >= 0.6 is 12.2 Å². The highest BCUT2D eigenvalue weighted by atomic mass is 32.1. The van der Waals surface area contributed by atoms with E-state index in [2.05, 4.69) is 10.6 Å². The minimum atomic E-state index is -0.456. The normalized spacial score (nSPS) is 15.9. The molecule has 0 bridgehead atoms. The number of rotatable bonds is 8. The zero-order valence-electron chi connectivity index (χ0n) is 18.2. The molecule has 164 valence electrons. The molecule has 0 radical (unpaired) electrons. The van der Waals surface area contributed by atoms with Crippen LogP contribution in [0.1, 0.15) is 44.9 Å². The average molecular weight is 441 g/mol. The van der Waals surface area contributed by atoms with Gasteiger partial charge in [0.15, 0.2) is 16.6 Å². The maximum Gasteiger partial charge on any atom is 0.338 e. The molecule has 0 aromatic heterocycles. The van der Waals surface area contributed by atoms with Gasteiger partial charge in [0.25, 0.3) is 0 Å². The first-order chi connectivity index (χ1) is 14.9. The maximum atomic E-state index is 12.8. The molecule has 0 amide bonds. The lowest BCUT2D eigenvalue weighted by atomic mass is 9.95. The van der Waals surface area contributed by atoms with E-state index in [0.29, 0.717) is 41.1 Å². The molecule has 0 saturated heterocycles. The number of carbonyl (C=O) groups excluding carboxylic acids is 1. The molecule has 6 nitrogen and oxygen atoms in total. The summed E-state index contributed by atoms with van der Waals surface area (Å²) in [5, 5.41) is 6.65. The van der Waals surface area contributed by atoms with Crippen LogP contribution in [0.5, 0.6) is 11.5 Å². The molecule has 0 fully saturated rings. The fourth-order valence-electron chi connectivity index (χ4n) is 3.32. The lowest BCUT2D eigenvalue weighted by Crippen LogP contribution is -2.45. The van der Waals surface area contributed by atoms with E-state index >= 15 is 0 Å². The molecule has 1 atom stereocenters. The number of nitrogens with one attached hydrogen (secondary N) is 2. The van der Waals surface area contributed by atoms with E-state index in [4.69, 9.17) is 26.4 Å². The van der Waals surface area contributed by atoms with Crippen molar-refractivity contribution in [1.82, 2.24) is 10.6 Å². The van der Waals surface area contributed by atoms with Gasteiger partial charge in [0.05, 0.1) is 24.3 Å². The van der Waals surface area contributed by atoms with Gasteiger partial charge >= 0.3 is 5.97 Å². The lowest BCUT2D eigenvalue weighted by Gasteiger charge is -2.30. The predicted octanol–water partition coefficient (Wildman–Crippen LogP) is 4.41. The number of esters is 1. The zero-order valence-corrected chi connectivity index (χ0v) is 19.0. The fraction of sp³-hybridized carbons (Fsp3) is 0.333. The Morgan fingerprint density at radius 3 is 2.52 bits per heavy atom. The van der Waals surface area contributed by atoms with E-state index in [-0.39, 0.29) is 12.1 Å². The molecule has 1 unspecified atom stereocenters. The van der Waals surface area contributed by atoms with E-state index in [1.165, 1.54) is 0 Å². The van der Waals surface area contributed by atoms with Crippen molar-refractivity contribution in [1.29, 1.82) is 0 Å². The first kappa shape index (κ1) is 22.6. The molecule has 7 heteroatoms. The van der Waals surface area contributed by atoms with Crippen molar-refractivity contribution in [3.8, 4) is 11.5 Å². The molecule has 2 N–H and O–H groups in total. The van der Waals surface area contributed by atoms with Gasteiger partial charge in [0, 0.05) is 5.70 Å². The Morgan fingerprint density at radius 2 is 1.84 bits per heavy atom. The SMILES string of the molecule is CCOc1cc(C2NC(=S)NC(C)=C2C(=O)OC(C)C)ccc1OCc1ccccc1. The van der Waals surface area contributed by atoms with Crippen LogP contribution in [-0.2, 0) is 16.1 Å². The van der Waals surface area contributed by atoms with Gasteiger partial charge in [-0.15, -0.1) is 0 Å². The molecular weight excluding hydrogens is 412 g/mol. The van der Waals surface area contributed by atoms with E-state index < -0.39 is 6.04 Å². The fourth-order valence-corrected chi connectivity index (χ4v) is 3.59. The highest BCUT2D eigenvalue weighted by Gasteiger charge is 2.32. The summed E-state index contributed by atoms with van der Waals surface area (Å²) in [5.41, 5.74) is 3.05. The number of benzene rings is 2. The molecule has 2 aromatic carbocycles. The second kappa shape index (κ2) is 10.3. The van der Waals surface area contributed by atoms with Crippen molar-refractivity contribution >= 4 is 23.3 Å². The second-order valence-corrected chi connectivity index (χ2v) is 7.85. The first-order valence-corrected chi connectivity index (χ1v) is 10.7. The number of hydrogen-bond acceptors (Lipinski definition) is 5. The number of allylic oxidation sites excluding steroid dienone is 1. The van der Waals surface area contributed by atoms with Crippen LogP contribution in [0.4, 0.5) is 0 Å². The Hall–Kier alpha value is -3.06. The third-order valence-electron chi connectivity index (χ3n) is 4.67. The summed E-state index contributed by atoms with van der Waals surface area (Å²) in [6.07, 6.45) is -0.227. The van der Waals surface area contributed by atoms with Gasteiger partial charge in [-0.2, -0.15) is 0 Å². The van der Waals surface area contributed by atoms with Gasteiger partial charge in [-0.05, 0) is 63.2 Å². The van der Waals surface area contributed by atoms with Crippen molar-refractivity contribution < 1.29 is 19.0 Å². The Kier molecular flexibility index (Phi) is 7.52. The van der Waals surface area contributed by atoms with Gasteiger partial charge in [-0.25, -0.2) is 4.79 Å². The number of carbonyl (C=O) groups is 1. The summed E-state index contributed by atoms with van der Waals surface area (Å²) < 4.78 is 17.3. The molecule has 1 heterocycles. The minimum Gasteiger partial charge on any atom is -0.490 e. The van der Waals surface area contributed by atoms with Crippen LogP contribution in [0.2, 0.25) is 0 Å². The standard InChI is InChI=1S/C24H28N2O4S/c1-5-28-20-13-18(11-12-19(20)29-14-17-9-7-6-8-10-17)22-21(23(27)30-15(2)3)16(4)25-24(31)26-22/h6-13,15,22H,5,14H2,1-4H3,(H2,25,26,31). The van der Waals surface area contributed by atoms with Gasteiger partial charge in [-0.3, -0.25) is 0 Å². The van der Waals surface area contributed by atoms with Gasteiger partial charge in [-0.1, -0.05) is 36.4 Å². The maximum absolute atomic E-state index is 12.8. The summed E-state index contributed by atoms with van der Waals surface area (Å²) >= 11 is 5.33. The van der Waals surface area contributed by atoms with Crippen LogP contribution in [-0.4, -0.2) is 23.8 Å². The minimum absolute atomic E-state index is 0.227. The highest BCUT2D eigenvalue weighted by molar-refractivity contribution is 7.80. The van der Waals surface area contributed by atoms with E-state index in [1.807, 2.05) is 76.2 Å². The second-order valence-electron chi connectivity index (χ2n) is 7.44. The Balaban J connectivity index is 1.91. The smallest absolute Gasteiger partial charge is 0.338 e. The third kappa shape index (κ3) is 5.76. The van der Waals surface area contributed by atoms with Crippen molar-refractivity contribution in [2.45, 2.75) is 46.4 Å². The molecule has 31 heavy (non-hydrogen) atoms. The Morgan fingerprint density at radius 1 is 1.10 bits per heavy atom. The lowest BCUT2D eigenvalue weighted by molar-refractivity contribution is -0.143. The quantitative estimate of drug-likeness (QED) is 0.465. The van der Waals surface area contributed by atoms with E-state index in [0.717, 1.165) is 11.1 Å². The van der Waals surface area contributed by atoms with Crippen LogP contribution in [0, 0.1) is 0 Å². The molecule has 2 aromatic rings. The average Bonchev–Trinajstić information content (AvgIpc) is 2.72. The number of hydrogen-bond donors (Lipinski definition) is 2. The molecule has 1 aliphatic heterocycles. The molecule has 0 aliphatic carbocycles. The third-order valence-corrected chi connectivity index (χ3v) is 4.89. The Bertz CT molecular complexity index is 973. The van der Waals surface area contributed by atoms with Crippen LogP contribution in [0.15, 0.2) is 59.8 Å². The van der Waals surface area contributed by atoms with Crippen LogP contribution in [0.25, 0.3) is 0 Å². The van der Waals surface area contributed by atoms with E-state index in [1.54, 1.807) is 0 Å². The van der Waals surface area contributed by atoms with Crippen LogP contribution < -0.4 is 20.1 Å². The van der Waals surface area contributed by atoms with Crippen molar-refractivity contribution in [2.24, 2.45) is 0 Å². The predicted molar refractivity (Wildman–Crippen MR) is 124 cm³/mol. The molecular formula is C24H28N2O4S. The van der Waals surface area contributed by atoms with Crippen molar-refractivity contribution in [3.05, 3.63) is 70.9 Å². The van der Waals surface area contributed by atoms with Crippen LogP contribution in [0.3, 0.4) is 0 Å². The first-order valence-electron chi connectivity index (χ1n) is 10.3. The van der Waals surface area contributed by atoms with Crippen molar-refractivity contribution in [2.75, 3.05) is 6.61 Å². The number of thiocarbonyl (C=S) groups is 1. The monoisotopic (exact) mass is 440 g/mol. The molecule has 0 saturated carbocycles. The summed E-state index contributed by atoms with van der Waals surface area (Å²) in [6, 6.07) is 15.1.